The number of halogens is 3. The quantitative estimate of drug-likeness (QED) is 0.259. The lowest BCUT2D eigenvalue weighted by Gasteiger charge is -2.32. The van der Waals surface area contributed by atoms with Gasteiger partial charge in [0.1, 0.15) is 12.1 Å². The van der Waals surface area contributed by atoms with Crippen molar-refractivity contribution in [1.82, 2.24) is 20.9 Å². The standard InChI is InChI=1S/C33H49F3N4O6/c1-19(2)18-46-32(7,8)15-16-37-28(42)22-11-13-23(14-12-22)29(43)39-26(21(5)6)31(45)40-17-9-10-24(40)30(44)38-25(20(3)4)27(41)33(34,35)36/h11-14,19-21,24-26H,9-10,15-18H2,1-8H3,(H,37,42)(H,38,44)(H,39,43)/t24-,25?,26-/m0/s1. The molecule has 1 saturated heterocycles. The van der Waals surface area contributed by atoms with E-state index in [2.05, 4.69) is 29.8 Å². The summed E-state index contributed by atoms with van der Waals surface area (Å²) in [5.41, 5.74) is 0.161. The molecule has 3 atom stereocenters. The van der Waals surface area contributed by atoms with Gasteiger partial charge >= 0.3 is 6.18 Å². The predicted molar refractivity (Wildman–Crippen MR) is 167 cm³/mol. The van der Waals surface area contributed by atoms with Gasteiger partial charge in [-0.05, 0) is 75.1 Å². The molecule has 0 bridgehead atoms. The van der Waals surface area contributed by atoms with Crippen LogP contribution in [0.25, 0.3) is 0 Å². The third kappa shape index (κ3) is 11.1. The second-order valence-corrected chi connectivity index (χ2v) is 13.5. The van der Waals surface area contributed by atoms with Crippen LogP contribution < -0.4 is 16.0 Å². The molecular formula is C33H49F3N4O6. The maximum absolute atomic E-state index is 13.6. The highest BCUT2D eigenvalue weighted by molar-refractivity contribution is 6.00. The molecule has 46 heavy (non-hydrogen) atoms. The van der Waals surface area contributed by atoms with Gasteiger partial charge in [-0.1, -0.05) is 41.5 Å². The molecule has 0 aromatic heterocycles. The summed E-state index contributed by atoms with van der Waals surface area (Å²) in [7, 11) is 0. The molecule has 1 fully saturated rings. The monoisotopic (exact) mass is 654 g/mol. The van der Waals surface area contributed by atoms with Gasteiger partial charge in [-0.25, -0.2) is 0 Å². The van der Waals surface area contributed by atoms with Gasteiger partial charge in [0.25, 0.3) is 17.6 Å². The van der Waals surface area contributed by atoms with Crippen LogP contribution in [0.2, 0.25) is 0 Å². The van der Waals surface area contributed by atoms with Gasteiger partial charge in [0, 0.05) is 30.8 Å². The van der Waals surface area contributed by atoms with Crippen LogP contribution in [-0.2, 0) is 19.1 Å². The van der Waals surface area contributed by atoms with Crippen molar-refractivity contribution < 1.29 is 41.9 Å². The number of nitrogens with zero attached hydrogens (tertiary/aromatic N) is 1. The molecule has 3 N–H and O–H groups in total. The first-order chi connectivity index (χ1) is 21.2. The van der Waals surface area contributed by atoms with Crippen LogP contribution in [0.4, 0.5) is 13.2 Å². The van der Waals surface area contributed by atoms with Gasteiger partial charge in [-0.15, -0.1) is 0 Å². The van der Waals surface area contributed by atoms with Crippen molar-refractivity contribution in [2.45, 2.75) is 105 Å². The van der Waals surface area contributed by atoms with E-state index in [0.29, 0.717) is 37.5 Å². The van der Waals surface area contributed by atoms with Crippen LogP contribution in [0.5, 0.6) is 0 Å². The fourth-order valence-electron chi connectivity index (χ4n) is 5.00. The highest BCUT2D eigenvalue weighted by Crippen LogP contribution is 2.24. The van der Waals surface area contributed by atoms with Gasteiger partial charge in [-0.3, -0.25) is 24.0 Å². The minimum atomic E-state index is -5.12. The Labute approximate surface area is 269 Å². The molecule has 0 saturated carbocycles. The first-order valence-corrected chi connectivity index (χ1v) is 15.8. The summed E-state index contributed by atoms with van der Waals surface area (Å²) in [6, 6.07) is 2.04. The summed E-state index contributed by atoms with van der Waals surface area (Å²) in [5, 5.41) is 7.76. The molecule has 1 aliphatic rings. The zero-order valence-electron chi connectivity index (χ0n) is 28.0. The average Bonchev–Trinajstić information content (AvgIpc) is 3.46. The van der Waals surface area contributed by atoms with Crippen LogP contribution in [-0.4, -0.2) is 83.9 Å². The van der Waals surface area contributed by atoms with Crippen LogP contribution in [0.3, 0.4) is 0 Å². The molecule has 4 amide bonds. The number of nitrogens with one attached hydrogen (secondary N) is 3. The van der Waals surface area contributed by atoms with Crippen LogP contribution in [0, 0.1) is 17.8 Å². The second-order valence-electron chi connectivity index (χ2n) is 13.5. The maximum atomic E-state index is 13.6. The molecule has 0 spiro atoms. The first-order valence-electron chi connectivity index (χ1n) is 15.8. The smallest absolute Gasteiger partial charge is 0.375 e. The molecule has 1 aromatic carbocycles. The number of Topliss-reactive ketones (excluding diaryl/α,β-unsaturated/α-hetero) is 1. The average molecular weight is 655 g/mol. The zero-order chi connectivity index (χ0) is 35.0. The third-order valence-electron chi connectivity index (χ3n) is 7.81. The van der Waals surface area contributed by atoms with Crippen molar-refractivity contribution in [1.29, 1.82) is 0 Å². The number of amides is 4. The van der Waals surface area contributed by atoms with E-state index in [9.17, 15) is 37.1 Å². The molecule has 1 unspecified atom stereocenters. The molecule has 10 nitrogen and oxygen atoms in total. The number of ketones is 1. The summed E-state index contributed by atoms with van der Waals surface area (Å²) < 4.78 is 45.2. The van der Waals surface area contributed by atoms with Crippen LogP contribution in [0.1, 0.15) is 95.4 Å². The number of rotatable bonds is 15. The lowest BCUT2D eigenvalue weighted by Crippen LogP contribution is -2.58. The van der Waals surface area contributed by atoms with Gasteiger partial charge in [0.05, 0.1) is 11.6 Å². The minimum absolute atomic E-state index is 0.167. The predicted octanol–water partition coefficient (Wildman–Crippen LogP) is 4.28. The SMILES string of the molecule is CC(C)COC(C)(C)CCNC(=O)c1ccc(C(=O)N[C@H](C(=O)N2CCC[C@H]2C(=O)NC(C(=O)C(F)(F)F)C(C)C)C(C)C)cc1. The van der Waals surface area contributed by atoms with E-state index in [0.717, 1.165) is 0 Å². The molecule has 13 heteroatoms. The normalized spacial score (nSPS) is 16.8. The van der Waals surface area contributed by atoms with Gasteiger partial charge in [0.2, 0.25) is 11.8 Å². The minimum Gasteiger partial charge on any atom is -0.375 e. The molecule has 0 aliphatic carbocycles. The van der Waals surface area contributed by atoms with Crippen molar-refractivity contribution in [3.05, 3.63) is 35.4 Å². The number of hydrogen-bond acceptors (Lipinski definition) is 6. The maximum Gasteiger partial charge on any atom is 0.452 e. The Bertz CT molecular complexity index is 1230. The zero-order valence-corrected chi connectivity index (χ0v) is 28.0. The van der Waals surface area contributed by atoms with E-state index >= 15 is 0 Å². The summed E-state index contributed by atoms with van der Waals surface area (Å²) in [4.78, 5) is 65.6. The van der Waals surface area contributed by atoms with Gasteiger partial charge < -0.3 is 25.6 Å². The Morgan fingerprint density at radius 3 is 1.91 bits per heavy atom. The number of benzene rings is 1. The van der Waals surface area contributed by atoms with E-state index in [1.54, 1.807) is 13.8 Å². The number of alkyl halides is 3. The molecule has 0 radical (unpaired) electrons. The number of carbonyl (C=O) groups excluding carboxylic acids is 5. The fraction of sp³-hybridized carbons (Fsp3) is 0.667. The van der Waals surface area contributed by atoms with Crippen LogP contribution >= 0.6 is 0 Å². The molecule has 1 heterocycles. The highest BCUT2D eigenvalue weighted by atomic mass is 19.4. The molecule has 1 aromatic rings. The van der Waals surface area contributed by atoms with Crippen LogP contribution in [0.15, 0.2) is 24.3 Å². The van der Waals surface area contributed by atoms with Gasteiger partial charge in [-0.2, -0.15) is 13.2 Å². The van der Waals surface area contributed by atoms with Gasteiger partial charge in [0.15, 0.2) is 0 Å². The number of carbonyl (C=O) groups is 5. The topological polar surface area (TPSA) is 134 Å². The largest absolute Gasteiger partial charge is 0.452 e. The van der Waals surface area contributed by atoms with E-state index in [-0.39, 0.29) is 24.4 Å². The summed E-state index contributed by atoms with van der Waals surface area (Å²) in [6.07, 6.45) is -3.89. The fourth-order valence-corrected chi connectivity index (χ4v) is 5.00. The molecule has 1 aliphatic heterocycles. The van der Waals surface area contributed by atoms with E-state index in [1.807, 2.05) is 13.8 Å². The van der Waals surface area contributed by atoms with E-state index in [4.69, 9.17) is 4.74 Å². The van der Waals surface area contributed by atoms with Crippen molar-refractivity contribution >= 4 is 29.4 Å². The second kappa shape index (κ2) is 16.4. The Hall–Kier alpha value is -3.48. The summed E-state index contributed by atoms with van der Waals surface area (Å²) >= 11 is 0. The Balaban J connectivity index is 2.05. The lowest BCUT2D eigenvalue weighted by molar-refractivity contribution is -0.175. The van der Waals surface area contributed by atoms with Crippen molar-refractivity contribution in [3.63, 3.8) is 0 Å². The molecular weight excluding hydrogens is 605 g/mol. The molecule has 258 valence electrons. The highest BCUT2D eigenvalue weighted by Gasteiger charge is 2.46. The first kappa shape index (κ1) is 38.7. The molecule has 2 rings (SSSR count). The van der Waals surface area contributed by atoms with Crippen molar-refractivity contribution in [2.24, 2.45) is 17.8 Å². The van der Waals surface area contributed by atoms with E-state index in [1.165, 1.54) is 43.0 Å². The summed E-state index contributed by atoms with van der Waals surface area (Å²) in [6.45, 7) is 15.5. The summed E-state index contributed by atoms with van der Waals surface area (Å²) in [5.74, 6) is -5.17. The Morgan fingerprint density at radius 1 is 0.870 bits per heavy atom. The van der Waals surface area contributed by atoms with E-state index < -0.39 is 65.2 Å². The Morgan fingerprint density at radius 2 is 1.41 bits per heavy atom. The number of ether oxygens (including phenoxy) is 1. The lowest BCUT2D eigenvalue weighted by atomic mass is 9.98. The Kier molecular flexibility index (Phi) is 13.8. The van der Waals surface area contributed by atoms with Crippen molar-refractivity contribution in [2.75, 3.05) is 19.7 Å². The van der Waals surface area contributed by atoms with Crippen molar-refractivity contribution in [3.8, 4) is 0 Å². The third-order valence-corrected chi connectivity index (χ3v) is 7.81. The number of likely N-dealkylation sites (tertiary alicyclic amines) is 1. The number of hydrogen-bond donors (Lipinski definition) is 3.